The summed E-state index contributed by atoms with van der Waals surface area (Å²) in [5, 5.41) is 3.79. The van der Waals surface area contributed by atoms with E-state index in [0.717, 1.165) is 0 Å². The lowest BCUT2D eigenvalue weighted by Crippen LogP contribution is -2.58. The van der Waals surface area contributed by atoms with Gasteiger partial charge in [0.15, 0.2) is 5.82 Å². The van der Waals surface area contributed by atoms with Crippen molar-refractivity contribution in [2.45, 2.75) is 39.4 Å². The average Bonchev–Trinajstić information content (AvgIpc) is 3.04. The fourth-order valence-corrected chi connectivity index (χ4v) is 2.80. The topological polar surface area (TPSA) is 79.5 Å². The van der Waals surface area contributed by atoms with Crippen molar-refractivity contribution >= 4 is 11.8 Å². The van der Waals surface area contributed by atoms with Crippen molar-refractivity contribution in [3.05, 3.63) is 47.4 Å². The van der Waals surface area contributed by atoms with Crippen molar-refractivity contribution in [3.63, 3.8) is 0 Å². The third-order valence-corrected chi connectivity index (χ3v) is 4.18. The minimum atomic E-state index is -0.646. The van der Waals surface area contributed by atoms with Crippen LogP contribution in [0.1, 0.15) is 31.1 Å². The lowest BCUT2D eigenvalue weighted by atomic mass is 10.1. The Morgan fingerprint density at radius 1 is 1.32 bits per heavy atom. The summed E-state index contributed by atoms with van der Waals surface area (Å²) in [6.45, 7) is 3.80. The Labute approximate surface area is 144 Å². The van der Waals surface area contributed by atoms with Crippen LogP contribution in [0.2, 0.25) is 0 Å². The number of aromatic nitrogens is 2. The second-order valence-electron chi connectivity index (χ2n) is 5.98. The zero-order valence-corrected chi connectivity index (χ0v) is 14.1. The molecule has 0 N–H and O–H groups in total. The maximum absolute atomic E-state index is 13.3. The molecule has 1 saturated heterocycles. The first-order valence-electron chi connectivity index (χ1n) is 8.12. The monoisotopic (exact) mass is 346 g/mol. The van der Waals surface area contributed by atoms with E-state index < -0.39 is 6.04 Å². The third kappa shape index (κ3) is 3.67. The van der Waals surface area contributed by atoms with E-state index in [-0.39, 0.29) is 37.3 Å². The van der Waals surface area contributed by atoms with Crippen LogP contribution in [0.15, 0.2) is 28.8 Å². The molecule has 132 valence electrons. The van der Waals surface area contributed by atoms with Crippen molar-refractivity contribution < 1.29 is 18.5 Å². The maximum Gasteiger partial charge on any atom is 0.246 e. The predicted molar refractivity (Wildman–Crippen MR) is 85.5 cm³/mol. The number of hydrogen-bond acceptors (Lipinski definition) is 5. The van der Waals surface area contributed by atoms with Crippen LogP contribution in [0.4, 0.5) is 4.39 Å². The fourth-order valence-electron chi connectivity index (χ4n) is 2.80. The second kappa shape index (κ2) is 7.00. The summed E-state index contributed by atoms with van der Waals surface area (Å²) >= 11 is 0. The average molecular weight is 346 g/mol. The van der Waals surface area contributed by atoms with E-state index in [0.29, 0.717) is 23.7 Å². The summed E-state index contributed by atoms with van der Waals surface area (Å²) in [6, 6.07) is 5.36. The number of rotatable bonds is 5. The van der Waals surface area contributed by atoms with Crippen LogP contribution >= 0.6 is 0 Å². The minimum absolute atomic E-state index is 0.0611. The minimum Gasteiger partial charge on any atom is -0.337 e. The molecule has 1 fully saturated rings. The highest BCUT2D eigenvalue weighted by atomic mass is 19.1. The molecule has 3 rings (SSSR count). The Balaban J connectivity index is 1.70. The molecule has 1 aliphatic rings. The zero-order valence-electron chi connectivity index (χ0n) is 14.1. The van der Waals surface area contributed by atoms with Gasteiger partial charge in [-0.15, -0.1) is 0 Å². The molecule has 0 radical (unpaired) electrons. The van der Waals surface area contributed by atoms with Gasteiger partial charge in [-0.2, -0.15) is 4.98 Å². The fraction of sp³-hybridized carbons (Fsp3) is 0.412. The Morgan fingerprint density at radius 3 is 2.80 bits per heavy atom. The summed E-state index contributed by atoms with van der Waals surface area (Å²) in [5.41, 5.74) is 0.645. The predicted octanol–water partition coefficient (Wildman–Crippen LogP) is 1.53. The number of amides is 2. The van der Waals surface area contributed by atoms with Gasteiger partial charge < -0.3 is 14.3 Å². The van der Waals surface area contributed by atoms with E-state index in [4.69, 9.17) is 4.52 Å². The van der Waals surface area contributed by atoms with Gasteiger partial charge in [-0.1, -0.05) is 24.2 Å². The van der Waals surface area contributed by atoms with Crippen LogP contribution in [0.5, 0.6) is 0 Å². The van der Waals surface area contributed by atoms with Gasteiger partial charge in [-0.05, 0) is 24.6 Å². The van der Waals surface area contributed by atoms with Gasteiger partial charge in [0, 0.05) is 13.0 Å². The molecule has 0 bridgehead atoms. The number of nitrogens with zero attached hydrogens (tertiary/aromatic N) is 4. The molecular formula is C17H19FN4O3. The lowest BCUT2D eigenvalue weighted by molar-refractivity contribution is -0.156. The molecule has 0 spiro atoms. The van der Waals surface area contributed by atoms with Crippen molar-refractivity contribution in [1.29, 1.82) is 0 Å². The summed E-state index contributed by atoms with van der Waals surface area (Å²) < 4.78 is 18.4. The van der Waals surface area contributed by atoms with Crippen LogP contribution in [0, 0.1) is 5.82 Å². The van der Waals surface area contributed by atoms with E-state index in [2.05, 4.69) is 10.1 Å². The molecule has 2 heterocycles. The van der Waals surface area contributed by atoms with Gasteiger partial charge in [0.2, 0.25) is 17.7 Å². The standard InChI is InChI=1S/C17H19FN4O3/c1-3-14-19-15(25-20-14)9-22-11(2)17(24)21(10-16(22)23)8-12-5-4-6-13(18)7-12/h4-7,11H,3,8-10H2,1-2H3/t11-/m0/s1. The number of carbonyl (C=O) groups excluding carboxylic acids is 2. The summed E-state index contributed by atoms with van der Waals surface area (Å²) in [6.07, 6.45) is 0.632. The Kier molecular flexibility index (Phi) is 4.78. The van der Waals surface area contributed by atoms with Crippen LogP contribution in [0.25, 0.3) is 0 Å². The van der Waals surface area contributed by atoms with Gasteiger partial charge in [0.05, 0.1) is 0 Å². The quantitative estimate of drug-likeness (QED) is 0.820. The van der Waals surface area contributed by atoms with Gasteiger partial charge in [0.1, 0.15) is 24.9 Å². The molecule has 7 nitrogen and oxygen atoms in total. The maximum atomic E-state index is 13.3. The Hall–Kier alpha value is -2.77. The van der Waals surface area contributed by atoms with Gasteiger partial charge in [-0.3, -0.25) is 9.59 Å². The van der Waals surface area contributed by atoms with Crippen molar-refractivity contribution in [3.8, 4) is 0 Å². The molecule has 0 saturated carbocycles. The molecular weight excluding hydrogens is 327 g/mol. The van der Waals surface area contributed by atoms with Gasteiger partial charge in [-0.25, -0.2) is 4.39 Å². The first kappa shape index (κ1) is 17.1. The number of aryl methyl sites for hydroxylation is 1. The summed E-state index contributed by atoms with van der Waals surface area (Å²) in [7, 11) is 0. The van der Waals surface area contributed by atoms with Crippen LogP contribution in [-0.4, -0.2) is 44.3 Å². The number of piperazine rings is 1. The van der Waals surface area contributed by atoms with Crippen molar-refractivity contribution in [2.24, 2.45) is 0 Å². The number of benzene rings is 1. The molecule has 2 aromatic rings. The van der Waals surface area contributed by atoms with Gasteiger partial charge >= 0.3 is 0 Å². The molecule has 2 amide bonds. The number of halogens is 1. The molecule has 1 aliphatic heterocycles. The molecule has 0 unspecified atom stereocenters. The van der Waals surface area contributed by atoms with E-state index in [1.807, 2.05) is 6.92 Å². The second-order valence-corrected chi connectivity index (χ2v) is 5.98. The smallest absolute Gasteiger partial charge is 0.246 e. The lowest BCUT2D eigenvalue weighted by Gasteiger charge is -2.38. The summed E-state index contributed by atoms with van der Waals surface area (Å²) in [4.78, 5) is 32.1. The molecule has 25 heavy (non-hydrogen) atoms. The third-order valence-electron chi connectivity index (χ3n) is 4.18. The molecule has 1 aromatic heterocycles. The van der Waals surface area contributed by atoms with Crippen LogP contribution in [0.3, 0.4) is 0 Å². The first-order valence-corrected chi connectivity index (χ1v) is 8.12. The van der Waals surface area contributed by atoms with E-state index in [9.17, 15) is 14.0 Å². The molecule has 8 heteroatoms. The normalized spacial score (nSPS) is 18.1. The first-order chi connectivity index (χ1) is 12.0. The number of hydrogen-bond donors (Lipinski definition) is 0. The van der Waals surface area contributed by atoms with Gasteiger partial charge in [0.25, 0.3) is 0 Å². The molecule has 1 atom stereocenters. The highest BCUT2D eigenvalue weighted by Gasteiger charge is 2.37. The van der Waals surface area contributed by atoms with Crippen LogP contribution in [-0.2, 0) is 29.1 Å². The highest BCUT2D eigenvalue weighted by Crippen LogP contribution is 2.18. The zero-order chi connectivity index (χ0) is 18.0. The van der Waals surface area contributed by atoms with E-state index >= 15 is 0 Å². The van der Waals surface area contributed by atoms with E-state index in [1.54, 1.807) is 19.1 Å². The van der Waals surface area contributed by atoms with Crippen molar-refractivity contribution in [2.75, 3.05) is 6.54 Å². The number of carbonyl (C=O) groups is 2. The highest BCUT2D eigenvalue weighted by molar-refractivity contribution is 5.94. The molecule has 0 aliphatic carbocycles. The Bertz CT molecular complexity index is 792. The molecule has 1 aromatic carbocycles. The SMILES string of the molecule is CCc1noc(CN2C(=O)CN(Cc3cccc(F)c3)C(=O)[C@@H]2C)n1. The van der Waals surface area contributed by atoms with Crippen molar-refractivity contribution in [1.82, 2.24) is 19.9 Å². The Morgan fingerprint density at radius 2 is 2.12 bits per heavy atom. The largest absolute Gasteiger partial charge is 0.337 e. The summed E-state index contributed by atoms with van der Waals surface area (Å²) in [5.74, 6) is 0.0968. The van der Waals surface area contributed by atoms with Crippen LogP contribution < -0.4 is 0 Å². The van der Waals surface area contributed by atoms with E-state index in [1.165, 1.54) is 21.9 Å².